The van der Waals surface area contributed by atoms with E-state index in [4.69, 9.17) is 0 Å². The van der Waals surface area contributed by atoms with Crippen molar-refractivity contribution < 1.29 is 19.4 Å². The van der Waals surface area contributed by atoms with Crippen LogP contribution in [0.4, 0.5) is 10.5 Å². The van der Waals surface area contributed by atoms with Crippen molar-refractivity contribution in [1.82, 2.24) is 0 Å². The molecule has 1 aromatic carbocycles. The topological polar surface area (TPSA) is 75.6 Å². The number of rotatable bonds is 2. The largest absolute Gasteiger partial charge is 0.505 e. The SMILES string of the molecule is COC(=O)Nc1cccc(C=O)c1O. The van der Waals surface area contributed by atoms with E-state index in [1.165, 1.54) is 25.3 Å². The highest BCUT2D eigenvalue weighted by Gasteiger charge is 2.08. The lowest BCUT2D eigenvalue weighted by molar-refractivity contribution is 0.112. The first kappa shape index (κ1) is 10.0. The molecule has 0 aliphatic carbocycles. The third kappa shape index (κ3) is 2.01. The molecule has 0 bridgehead atoms. The van der Waals surface area contributed by atoms with E-state index in [2.05, 4.69) is 10.1 Å². The number of anilines is 1. The third-order valence-corrected chi connectivity index (χ3v) is 1.62. The average molecular weight is 195 g/mol. The molecule has 2 N–H and O–H groups in total. The summed E-state index contributed by atoms with van der Waals surface area (Å²) in [6.07, 6.45) is -0.207. The molecule has 14 heavy (non-hydrogen) atoms. The highest BCUT2D eigenvalue weighted by molar-refractivity contribution is 5.90. The molecular formula is C9H9NO4. The molecule has 0 saturated heterocycles. The minimum atomic E-state index is -0.705. The number of ether oxygens (including phenoxy) is 1. The van der Waals surface area contributed by atoms with Gasteiger partial charge in [-0.05, 0) is 12.1 Å². The van der Waals surface area contributed by atoms with Crippen LogP contribution >= 0.6 is 0 Å². The minimum Gasteiger partial charge on any atom is -0.505 e. The van der Waals surface area contributed by atoms with Crippen molar-refractivity contribution in [3.05, 3.63) is 23.8 Å². The maximum Gasteiger partial charge on any atom is 0.411 e. The van der Waals surface area contributed by atoms with Crippen molar-refractivity contribution in [3.63, 3.8) is 0 Å². The van der Waals surface area contributed by atoms with Crippen molar-refractivity contribution in [2.75, 3.05) is 12.4 Å². The molecule has 0 atom stereocenters. The van der Waals surface area contributed by atoms with E-state index in [-0.39, 0.29) is 17.0 Å². The van der Waals surface area contributed by atoms with Gasteiger partial charge >= 0.3 is 6.09 Å². The average Bonchev–Trinajstić information content (AvgIpc) is 2.21. The second-order valence-corrected chi connectivity index (χ2v) is 2.48. The summed E-state index contributed by atoms with van der Waals surface area (Å²) in [4.78, 5) is 21.2. The molecular weight excluding hydrogens is 186 g/mol. The van der Waals surface area contributed by atoms with E-state index in [1.54, 1.807) is 0 Å². The first-order chi connectivity index (χ1) is 6.69. The van der Waals surface area contributed by atoms with Crippen LogP contribution in [-0.4, -0.2) is 24.6 Å². The van der Waals surface area contributed by atoms with Crippen molar-refractivity contribution in [3.8, 4) is 5.75 Å². The molecule has 1 rings (SSSR count). The third-order valence-electron chi connectivity index (χ3n) is 1.62. The highest BCUT2D eigenvalue weighted by atomic mass is 16.5. The molecule has 74 valence electrons. The van der Waals surface area contributed by atoms with Crippen molar-refractivity contribution >= 4 is 18.1 Å². The van der Waals surface area contributed by atoms with Crippen LogP contribution in [0.5, 0.6) is 5.75 Å². The number of amides is 1. The normalized spacial score (nSPS) is 9.21. The number of benzene rings is 1. The Hall–Kier alpha value is -2.04. The summed E-state index contributed by atoms with van der Waals surface area (Å²) < 4.78 is 4.33. The van der Waals surface area contributed by atoms with Gasteiger partial charge in [0, 0.05) is 0 Å². The van der Waals surface area contributed by atoms with Gasteiger partial charge in [0.05, 0.1) is 18.4 Å². The van der Waals surface area contributed by atoms with E-state index in [0.717, 1.165) is 0 Å². The van der Waals surface area contributed by atoms with E-state index >= 15 is 0 Å². The second-order valence-electron chi connectivity index (χ2n) is 2.48. The zero-order valence-electron chi connectivity index (χ0n) is 7.48. The Morgan fingerprint density at radius 3 is 2.86 bits per heavy atom. The summed E-state index contributed by atoms with van der Waals surface area (Å²) in [5.74, 6) is -0.270. The summed E-state index contributed by atoms with van der Waals surface area (Å²) in [7, 11) is 1.20. The molecule has 1 aromatic rings. The Bertz CT molecular complexity index is 362. The van der Waals surface area contributed by atoms with Gasteiger partial charge in [-0.15, -0.1) is 0 Å². The molecule has 1 amide bonds. The number of aromatic hydroxyl groups is 1. The van der Waals surface area contributed by atoms with Crippen LogP contribution in [0.1, 0.15) is 10.4 Å². The number of para-hydroxylation sites is 1. The van der Waals surface area contributed by atoms with E-state index in [9.17, 15) is 14.7 Å². The van der Waals surface area contributed by atoms with Crippen LogP contribution in [0, 0.1) is 0 Å². The molecule has 0 aromatic heterocycles. The molecule has 5 nitrogen and oxygen atoms in total. The fraction of sp³-hybridized carbons (Fsp3) is 0.111. The predicted octanol–water partition coefficient (Wildman–Crippen LogP) is 1.38. The predicted molar refractivity (Wildman–Crippen MR) is 49.5 cm³/mol. The lowest BCUT2D eigenvalue weighted by Gasteiger charge is -2.06. The number of carbonyl (C=O) groups excluding carboxylic acids is 2. The van der Waals surface area contributed by atoms with Crippen LogP contribution in [0.15, 0.2) is 18.2 Å². The van der Waals surface area contributed by atoms with Crippen molar-refractivity contribution in [2.24, 2.45) is 0 Å². The lowest BCUT2D eigenvalue weighted by atomic mass is 10.2. The molecule has 0 unspecified atom stereocenters. The number of carbonyl (C=O) groups is 2. The summed E-state index contributed by atoms with van der Waals surface area (Å²) in [6.45, 7) is 0. The molecule has 0 fully saturated rings. The molecule has 0 aliphatic heterocycles. The molecule has 0 aliphatic rings. The highest BCUT2D eigenvalue weighted by Crippen LogP contribution is 2.25. The van der Waals surface area contributed by atoms with Gasteiger partial charge in [0.1, 0.15) is 5.75 Å². The second kappa shape index (κ2) is 4.27. The number of hydrogen-bond donors (Lipinski definition) is 2. The Labute approximate surface area is 80.3 Å². The first-order valence-electron chi connectivity index (χ1n) is 3.81. The van der Waals surface area contributed by atoms with Crippen LogP contribution in [0.2, 0.25) is 0 Å². The number of phenolic OH excluding ortho intramolecular Hbond substituents is 1. The Kier molecular flexibility index (Phi) is 3.06. The Morgan fingerprint density at radius 2 is 2.29 bits per heavy atom. The van der Waals surface area contributed by atoms with Crippen molar-refractivity contribution in [2.45, 2.75) is 0 Å². The first-order valence-corrected chi connectivity index (χ1v) is 3.81. The fourth-order valence-corrected chi connectivity index (χ4v) is 0.918. The van der Waals surface area contributed by atoms with Gasteiger partial charge in [0.25, 0.3) is 0 Å². The Morgan fingerprint density at radius 1 is 1.57 bits per heavy atom. The zero-order valence-corrected chi connectivity index (χ0v) is 7.48. The van der Waals surface area contributed by atoms with E-state index in [1.807, 2.05) is 0 Å². The van der Waals surface area contributed by atoms with Gasteiger partial charge < -0.3 is 9.84 Å². The van der Waals surface area contributed by atoms with Gasteiger partial charge in [0.2, 0.25) is 0 Å². The molecule has 0 radical (unpaired) electrons. The molecule has 5 heteroatoms. The van der Waals surface area contributed by atoms with Gasteiger partial charge in [-0.1, -0.05) is 6.07 Å². The van der Waals surface area contributed by atoms with E-state index in [0.29, 0.717) is 6.29 Å². The monoisotopic (exact) mass is 195 g/mol. The van der Waals surface area contributed by atoms with Gasteiger partial charge in [-0.2, -0.15) is 0 Å². The number of nitrogens with one attached hydrogen (secondary N) is 1. The summed E-state index contributed by atoms with van der Waals surface area (Å²) in [6, 6.07) is 4.43. The summed E-state index contributed by atoms with van der Waals surface area (Å²) in [5, 5.41) is 11.7. The molecule has 0 saturated carbocycles. The maximum atomic E-state index is 10.8. The smallest absolute Gasteiger partial charge is 0.411 e. The van der Waals surface area contributed by atoms with E-state index < -0.39 is 6.09 Å². The number of aldehydes is 1. The zero-order chi connectivity index (χ0) is 10.6. The van der Waals surface area contributed by atoms with Gasteiger partial charge in [-0.25, -0.2) is 4.79 Å². The van der Waals surface area contributed by atoms with Crippen molar-refractivity contribution in [1.29, 1.82) is 0 Å². The lowest BCUT2D eigenvalue weighted by Crippen LogP contribution is -2.11. The number of methoxy groups -OCH3 is 1. The maximum absolute atomic E-state index is 10.8. The minimum absolute atomic E-state index is 0.110. The summed E-state index contributed by atoms with van der Waals surface area (Å²) in [5.41, 5.74) is 0.250. The quantitative estimate of drug-likeness (QED) is 0.552. The van der Waals surface area contributed by atoms with Crippen LogP contribution in [0.25, 0.3) is 0 Å². The fourth-order valence-electron chi connectivity index (χ4n) is 0.918. The van der Waals surface area contributed by atoms with Gasteiger partial charge in [0.15, 0.2) is 6.29 Å². The van der Waals surface area contributed by atoms with Crippen LogP contribution < -0.4 is 5.32 Å². The van der Waals surface area contributed by atoms with Gasteiger partial charge in [-0.3, -0.25) is 10.1 Å². The molecule has 0 spiro atoms. The standard InChI is InChI=1S/C9H9NO4/c1-14-9(13)10-7-4-2-3-6(5-11)8(7)12/h2-5,12H,1H3,(H,10,13). The Balaban J connectivity index is 2.97. The molecule has 0 heterocycles. The number of phenols is 1. The van der Waals surface area contributed by atoms with Crippen LogP contribution in [-0.2, 0) is 4.74 Å². The summed E-state index contributed by atoms with van der Waals surface area (Å²) >= 11 is 0. The van der Waals surface area contributed by atoms with Crippen LogP contribution in [0.3, 0.4) is 0 Å². The number of hydrogen-bond acceptors (Lipinski definition) is 4.